The first-order valence-electron chi connectivity index (χ1n) is 18.7. The van der Waals surface area contributed by atoms with Gasteiger partial charge in [-0.2, -0.15) is 0 Å². The molecule has 5 aromatic rings. The zero-order chi connectivity index (χ0) is 38.3. The Bertz CT molecular complexity index is 2150. The number of carbonyl (C=O) groups is 2. The number of aromatic hydroxyl groups is 1. The fraction of sp³-hybridized carbons (Fsp3) is 0.366. The van der Waals surface area contributed by atoms with Gasteiger partial charge in [-0.25, -0.2) is 9.78 Å². The first kappa shape index (κ1) is 37.6. The number of amides is 2. The van der Waals surface area contributed by atoms with Crippen LogP contribution >= 0.6 is 0 Å². The Morgan fingerprint density at radius 1 is 1.00 bits per heavy atom. The summed E-state index contributed by atoms with van der Waals surface area (Å²) >= 11 is 0. The van der Waals surface area contributed by atoms with Crippen molar-refractivity contribution in [3.63, 3.8) is 0 Å². The maximum absolute atomic E-state index is 13.0. The predicted octanol–water partition coefficient (Wildman–Crippen LogP) is 4.80. The number of aromatic amines is 1. The fourth-order valence-electron chi connectivity index (χ4n) is 7.81. The lowest BCUT2D eigenvalue weighted by Gasteiger charge is -2.50. The maximum Gasteiger partial charge on any atom is 0.408 e. The second kappa shape index (κ2) is 17.2. The molecular formula is C41H46N6O8. The van der Waals surface area contributed by atoms with Gasteiger partial charge in [-0.3, -0.25) is 14.5 Å². The number of piperidine rings is 3. The predicted molar refractivity (Wildman–Crippen MR) is 204 cm³/mol. The summed E-state index contributed by atoms with van der Waals surface area (Å²) in [6, 6.07) is 22.5. The lowest BCUT2D eigenvalue weighted by Crippen LogP contribution is -2.59. The van der Waals surface area contributed by atoms with Crippen LogP contribution in [0.2, 0.25) is 0 Å². The van der Waals surface area contributed by atoms with E-state index in [1.165, 1.54) is 18.4 Å². The highest BCUT2D eigenvalue weighted by Gasteiger charge is 2.43. The van der Waals surface area contributed by atoms with Gasteiger partial charge in [0.25, 0.3) is 5.91 Å². The zero-order valence-corrected chi connectivity index (χ0v) is 30.4. The number of oxazole rings is 1. The number of carboxylic acid groups (broad SMARTS) is 1. The van der Waals surface area contributed by atoms with Crippen LogP contribution in [0.5, 0.6) is 11.5 Å². The van der Waals surface area contributed by atoms with E-state index in [-0.39, 0.29) is 53.5 Å². The fourth-order valence-corrected chi connectivity index (χ4v) is 7.81. The number of aliphatic hydroxyl groups excluding tert-OH is 1. The molecule has 3 aromatic carbocycles. The van der Waals surface area contributed by atoms with E-state index in [2.05, 4.69) is 25.5 Å². The normalized spacial score (nSPS) is 18.8. The van der Waals surface area contributed by atoms with Gasteiger partial charge in [0.2, 0.25) is 11.4 Å². The summed E-state index contributed by atoms with van der Waals surface area (Å²) in [5, 5.41) is 38.0. The van der Waals surface area contributed by atoms with Gasteiger partial charge in [-0.15, -0.1) is 0 Å². The summed E-state index contributed by atoms with van der Waals surface area (Å²) < 4.78 is 11.6. The van der Waals surface area contributed by atoms with Crippen molar-refractivity contribution in [2.45, 2.75) is 50.5 Å². The Morgan fingerprint density at radius 3 is 2.55 bits per heavy atom. The first-order valence-corrected chi connectivity index (χ1v) is 18.7. The Labute approximate surface area is 317 Å². The van der Waals surface area contributed by atoms with Gasteiger partial charge < -0.3 is 45.0 Å². The number of phenols is 1. The monoisotopic (exact) mass is 750 g/mol. The van der Waals surface area contributed by atoms with Gasteiger partial charge in [0.05, 0.1) is 23.7 Å². The highest BCUT2D eigenvalue weighted by molar-refractivity contribution is 5.91. The molecule has 0 saturated carbocycles. The van der Waals surface area contributed by atoms with E-state index in [4.69, 9.17) is 9.15 Å². The van der Waals surface area contributed by atoms with Crippen LogP contribution in [0.15, 0.2) is 94.3 Å². The number of phenolic OH excluding ortho intramolecular Hbond substituents is 1. The number of hydrogen-bond donors (Lipinski definition) is 6. The number of carbonyl (C=O) groups excluding carboxylic acids is 1. The summed E-state index contributed by atoms with van der Waals surface area (Å²) in [4.78, 5) is 48.3. The quantitative estimate of drug-likeness (QED) is 0.0760. The molecule has 3 aliphatic heterocycles. The molecule has 14 heteroatoms. The van der Waals surface area contributed by atoms with E-state index in [1.807, 2.05) is 48.5 Å². The number of benzene rings is 3. The van der Waals surface area contributed by atoms with E-state index in [1.54, 1.807) is 23.1 Å². The molecule has 0 unspecified atom stereocenters. The minimum atomic E-state index is -0.946. The Hall–Kier alpha value is -5.70. The van der Waals surface area contributed by atoms with E-state index in [9.17, 15) is 29.7 Å². The Morgan fingerprint density at radius 2 is 1.78 bits per heavy atom. The summed E-state index contributed by atoms with van der Waals surface area (Å²) in [5.74, 6) is 0.640. The molecule has 0 spiro atoms. The van der Waals surface area contributed by atoms with E-state index in [0.29, 0.717) is 42.1 Å². The number of pyridine rings is 1. The zero-order valence-electron chi connectivity index (χ0n) is 30.4. The van der Waals surface area contributed by atoms with Crippen LogP contribution in [-0.4, -0.2) is 92.4 Å². The number of aromatic nitrogens is 2. The molecule has 2 aromatic heterocycles. The number of nitrogens with zero attached hydrogens (tertiary/aromatic N) is 3. The van der Waals surface area contributed by atoms with Crippen LogP contribution in [-0.2, 0) is 6.61 Å². The number of H-pyrrole nitrogens is 1. The molecule has 288 valence electrons. The molecule has 0 radical (unpaired) electrons. The molecular weight excluding hydrogens is 704 g/mol. The SMILES string of the molecule is O=C(NCCCCNC[C@H](O)c1ccc(O)c2[nH]c(=O)ccc12)c1coc(COc2cccc([C@H](c3ccccc3)N(C(=O)O)[C@H]3CN4CCC3CC4)c2)n1. The largest absolute Gasteiger partial charge is 0.506 e. The average Bonchev–Trinajstić information content (AvgIpc) is 3.69. The molecule has 5 heterocycles. The van der Waals surface area contributed by atoms with Gasteiger partial charge in [-0.05, 0) is 92.2 Å². The standard InChI is InChI=1S/C41H46N6O8/c48-34-13-11-30(31-12-14-36(50)45-38(31)34)35(49)22-42-17-4-5-18-43-40(51)32-24-55-37(44-32)25-54-29-10-6-9-28(21-29)39(27-7-2-1-3-8-27)47(41(52)53)33-23-46-19-15-26(33)16-20-46/h1-3,6-14,21,24,26,33,35,39,42,48-49H,4-5,15-20,22-23,25H2,(H,43,51)(H,45,50)(H,52,53)/t33-,35-,39-/m0/s1. The third-order valence-corrected chi connectivity index (χ3v) is 10.6. The van der Waals surface area contributed by atoms with Crippen molar-refractivity contribution in [1.29, 1.82) is 0 Å². The summed E-state index contributed by atoms with van der Waals surface area (Å²) in [6.07, 6.45) is 2.91. The number of fused-ring (bicyclic) bond motifs is 4. The summed E-state index contributed by atoms with van der Waals surface area (Å²) in [6.45, 7) is 4.02. The molecule has 8 rings (SSSR count). The van der Waals surface area contributed by atoms with Crippen molar-refractivity contribution in [3.8, 4) is 11.5 Å². The highest BCUT2D eigenvalue weighted by Crippen LogP contribution is 2.39. The molecule has 3 atom stereocenters. The number of unbranched alkanes of at least 4 members (excludes halogenated alkanes) is 1. The second-order valence-corrected chi connectivity index (χ2v) is 14.2. The lowest BCUT2D eigenvalue weighted by atomic mass is 9.81. The molecule has 55 heavy (non-hydrogen) atoms. The minimum Gasteiger partial charge on any atom is -0.506 e. The van der Waals surface area contributed by atoms with Crippen molar-refractivity contribution in [2.75, 3.05) is 39.3 Å². The lowest BCUT2D eigenvalue weighted by molar-refractivity contribution is -0.000815. The number of ether oxygens (including phenoxy) is 1. The van der Waals surface area contributed by atoms with Crippen molar-refractivity contribution < 1.29 is 34.1 Å². The molecule has 6 N–H and O–H groups in total. The van der Waals surface area contributed by atoms with Crippen LogP contribution < -0.4 is 20.9 Å². The average molecular weight is 751 g/mol. The van der Waals surface area contributed by atoms with E-state index < -0.39 is 18.2 Å². The third kappa shape index (κ3) is 8.83. The number of rotatable bonds is 16. The smallest absolute Gasteiger partial charge is 0.408 e. The van der Waals surface area contributed by atoms with Crippen molar-refractivity contribution >= 4 is 22.9 Å². The molecule has 3 fully saturated rings. The van der Waals surface area contributed by atoms with Crippen LogP contribution in [0.1, 0.15) is 70.9 Å². The van der Waals surface area contributed by atoms with Gasteiger partial charge in [0, 0.05) is 31.1 Å². The van der Waals surface area contributed by atoms with Gasteiger partial charge in [-0.1, -0.05) is 48.5 Å². The minimum absolute atomic E-state index is 0.0234. The van der Waals surface area contributed by atoms with Gasteiger partial charge in [0.15, 0.2) is 12.3 Å². The van der Waals surface area contributed by atoms with Crippen molar-refractivity contribution in [2.24, 2.45) is 5.92 Å². The molecule has 0 aliphatic carbocycles. The third-order valence-electron chi connectivity index (χ3n) is 10.6. The van der Waals surface area contributed by atoms with Gasteiger partial charge >= 0.3 is 6.09 Å². The topological polar surface area (TPSA) is 193 Å². The maximum atomic E-state index is 13.0. The van der Waals surface area contributed by atoms with E-state index in [0.717, 1.165) is 50.0 Å². The Kier molecular flexibility index (Phi) is 11.8. The van der Waals surface area contributed by atoms with Crippen LogP contribution in [0.3, 0.4) is 0 Å². The van der Waals surface area contributed by atoms with E-state index >= 15 is 0 Å². The molecule has 2 amide bonds. The summed E-state index contributed by atoms with van der Waals surface area (Å²) in [7, 11) is 0. The van der Waals surface area contributed by atoms with Crippen LogP contribution in [0, 0.1) is 5.92 Å². The van der Waals surface area contributed by atoms with Crippen molar-refractivity contribution in [1.82, 2.24) is 30.4 Å². The second-order valence-electron chi connectivity index (χ2n) is 14.2. The molecule has 14 nitrogen and oxygen atoms in total. The first-order chi connectivity index (χ1) is 26.7. The van der Waals surface area contributed by atoms with Crippen LogP contribution in [0.4, 0.5) is 4.79 Å². The summed E-state index contributed by atoms with van der Waals surface area (Å²) in [5.41, 5.74) is 2.36. The molecule has 3 aliphatic rings. The number of aliphatic hydroxyl groups is 1. The number of hydrogen-bond acceptors (Lipinski definition) is 10. The Balaban J connectivity index is 0.888. The number of nitrogens with one attached hydrogen (secondary N) is 3. The highest BCUT2D eigenvalue weighted by atomic mass is 16.5. The molecule has 3 saturated heterocycles. The van der Waals surface area contributed by atoms with Gasteiger partial charge in [0.1, 0.15) is 17.8 Å². The van der Waals surface area contributed by atoms with Crippen LogP contribution in [0.25, 0.3) is 10.9 Å². The van der Waals surface area contributed by atoms with Crippen molar-refractivity contribution in [3.05, 3.63) is 124 Å². The molecule has 2 bridgehead atoms.